The Bertz CT molecular complexity index is 649. The third kappa shape index (κ3) is 3.76. The van der Waals surface area contributed by atoms with E-state index in [0.717, 1.165) is 0 Å². The van der Waals surface area contributed by atoms with Crippen molar-refractivity contribution >= 4 is 21.7 Å². The predicted molar refractivity (Wildman–Crippen MR) is 73.0 cm³/mol. The molecule has 1 aliphatic rings. The van der Waals surface area contributed by atoms with Crippen LogP contribution in [0.1, 0.15) is 12.0 Å². The molecule has 1 aromatic rings. The van der Waals surface area contributed by atoms with Crippen LogP contribution in [-0.2, 0) is 20.6 Å². The Morgan fingerprint density at radius 3 is 2.38 bits per heavy atom. The van der Waals surface area contributed by atoms with E-state index in [4.69, 9.17) is 5.11 Å². The normalized spacial score (nSPS) is 16.4. The average Bonchev–Trinajstić information content (AvgIpc) is 2.33. The summed E-state index contributed by atoms with van der Waals surface area (Å²) in [5.74, 6) is -1.33. The third-order valence-corrected chi connectivity index (χ3v) is 5.06. The largest absolute Gasteiger partial charge is 0.481 e. The fraction of sp³-hybridized carbons (Fsp3) is 0.417. The summed E-state index contributed by atoms with van der Waals surface area (Å²) in [6.07, 6.45) is -0.0381. The lowest BCUT2D eigenvalue weighted by Crippen LogP contribution is -2.50. The minimum Gasteiger partial charge on any atom is -0.481 e. The molecule has 1 fully saturated rings. The standard InChI is InChI=1S/C12H14N2O6S/c15-12(16)5-10-6-13(7-10)21(19,20)8-9-1-3-11(4-2-9)14(17)18/h1-4,10H,5-8H2,(H,15,16). The van der Waals surface area contributed by atoms with Crippen molar-refractivity contribution in [2.75, 3.05) is 13.1 Å². The molecule has 2 rings (SSSR count). The monoisotopic (exact) mass is 314 g/mol. The molecule has 0 atom stereocenters. The Hall–Kier alpha value is -2.00. The lowest BCUT2D eigenvalue weighted by atomic mass is 10.00. The number of hydrogen-bond donors (Lipinski definition) is 1. The first-order valence-electron chi connectivity index (χ1n) is 6.21. The molecule has 1 heterocycles. The van der Waals surface area contributed by atoms with Crippen molar-refractivity contribution in [2.24, 2.45) is 5.92 Å². The summed E-state index contributed by atoms with van der Waals surface area (Å²) in [6, 6.07) is 5.33. The molecular weight excluding hydrogens is 300 g/mol. The zero-order chi connectivity index (χ0) is 15.6. The summed E-state index contributed by atoms with van der Waals surface area (Å²) >= 11 is 0. The number of sulfonamides is 1. The molecule has 114 valence electrons. The van der Waals surface area contributed by atoms with Crippen LogP contribution in [0.5, 0.6) is 0 Å². The van der Waals surface area contributed by atoms with Gasteiger partial charge in [-0.2, -0.15) is 0 Å². The van der Waals surface area contributed by atoms with Crippen LogP contribution in [0.2, 0.25) is 0 Å². The van der Waals surface area contributed by atoms with Gasteiger partial charge in [0.15, 0.2) is 0 Å². The van der Waals surface area contributed by atoms with Crippen molar-refractivity contribution in [3.05, 3.63) is 39.9 Å². The molecule has 1 N–H and O–H groups in total. The molecule has 1 aromatic carbocycles. The Kier molecular flexibility index (Phi) is 4.24. The lowest BCUT2D eigenvalue weighted by molar-refractivity contribution is -0.384. The van der Waals surface area contributed by atoms with Crippen LogP contribution in [0.15, 0.2) is 24.3 Å². The molecule has 9 heteroatoms. The van der Waals surface area contributed by atoms with E-state index in [2.05, 4.69) is 0 Å². The molecule has 0 spiro atoms. The minimum absolute atomic E-state index is 0.0381. The van der Waals surface area contributed by atoms with Crippen molar-refractivity contribution in [1.82, 2.24) is 4.31 Å². The van der Waals surface area contributed by atoms with Gasteiger partial charge in [0.2, 0.25) is 10.0 Å². The fourth-order valence-corrected chi connectivity index (χ4v) is 3.81. The molecule has 0 unspecified atom stereocenters. The SMILES string of the molecule is O=C(O)CC1CN(S(=O)(=O)Cc2ccc([N+](=O)[O-])cc2)C1. The Morgan fingerprint density at radius 1 is 1.33 bits per heavy atom. The van der Waals surface area contributed by atoms with E-state index >= 15 is 0 Å². The maximum absolute atomic E-state index is 12.1. The quantitative estimate of drug-likeness (QED) is 0.614. The maximum atomic E-state index is 12.1. The highest BCUT2D eigenvalue weighted by Gasteiger charge is 2.36. The number of benzene rings is 1. The van der Waals surface area contributed by atoms with Gasteiger partial charge >= 0.3 is 5.97 Å². The summed E-state index contributed by atoms with van der Waals surface area (Å²) in [7, 11) is -3.51. The van der Waals surface area contributed by atoms with Crippen molar-refractivity contribution in [2.45, 2.75) is 12.2 Å². The summed E-state index contributed by atoms with van der Waals surface area (Å²) < 4.78 is 25.4. The van der Waals surface area contributed by atoms with Crippen molar-refractivity contribution < 1.29 is 23.2 Å². The van der Waals surface area contributed by atoms with Crippen molar-refractivity contribution in [1.29, 1.82) is 0 Å². The van der Waals surface area contributed by atoms with E-state index in [1.165, 1.54) is 28.6 Å². The van der Waals surface area contributed by atoms with Crippen molar-refractivity contribution in [3.63, 3.8) is 0 Å². The molecule has 0 aliphatic carbocycles. The Balaban J connectivity index is 1.96. The summed E-state index contributed by atoms with van der Waals surface area (Å²) in [5.41, 5.74) is 0.365. The van der Waals surface area contributed by atoms with Gasteiger partial charge < -0.3 is 5.11 Å². The van der Waals surface area contributed by atoms with Crippen LogP contribution >= 0.6 is 0 Å². The molecule has 0 saturated carbocycles. The number of non-ortho nitro benzene ring substituents is 1. The number of nitro groups is 1. The number of rotatable bonds is 6. The first-order valence-corrected chi connectivity index (χ1v) is 7.82. The highest BCUT2D eigenvalue weighted by molar-refractivity contribution is 7.88. The molecular formula is C12H14N2O6S. The van der Waals surface area contributed by atoms with Crippen LogP contribution in [0.4, 0.5) is 5.69 Å². The molecule has 0 radical (unpaired) electrons. The number of carbonyl (C=O) groups is 1. The smallest absolute Gasteiger partial charge is 0.303 e. The van der Waals surface area contributed by atoms with E-state index in [0.29, 0.717) is 5.56 Å². The van der Waals surface area contributed by atoms with Crippen LogP contribution < -0.4 is 0 Å². The number of aliphatic carboxylic acids is 1. The molecule has 21 heavy (non-hydrogen) atoms. The second-order valence-electron chi connectivity index (χ2n) is 4.96. The number of hydrogen-bond acceptors (Lipinski definition) is 5. The van der Waals surface area contributed by atoms with Gasteiger partial charge in [0.25, 0.3) is 5.69 Å². The third-order valence-electron chi connectivity index (χ3n) is 3.28. The van der Waals surface area contributed by atoms with E-state index in [1.54, 1.807) is 0 Å². The zero-order valence-corrected chi connectivity index (χ0v) is 11.8. The van der Waals surface area contributed by atoms with Gasteiger partial charge in [-0.1, -0.05) is 12.1 Å². The van der Waals surface area contributed by atoms with E-state index in [-0.39, 0.29) is 36.9 Å². The summed E-state index contributed by atoms with van der Waals surface area (Å²) in [5, 5.41) is 19.1. The summed E-state index contributed by atoms with van der Waals surface area (Å²) in [4.78, 5) is 20.5. The Labute approximate surface area is 121 Å². The molecule has 1 aliphatic heterocycles. The lowest BCUT2D eigenvalue weighted by Gasteiger charge is -2.37. The van der Waals surface area contributed by atoms with Gasteiger partial charge in [-0.25, -0.2) is 12.7 Å². The number of carboxylic acids is 1. The second kappa shape index (κ2) is 5.78. The zero-order valence-electron chi connectivity index (χ0n) is 11.0. The first-order chi connectivity index (χ1) is 9.78. The van der Waals surface area contributed by atoms with Gasteiger partial charge in [-0.05, 0) is 11.5 Å². The summed E-state index contributed by atoms with van der Waals surface area (Å²) in [6.45, 7) is 0.420. The second-order valence-corrected chi connectivity index (χ2v) is 6.93. The highest BCUT2D eigenvalue weighted by atomic mass is 32.2. The van der Waals surface area contributed by atoms with Gasteiger partial charge in [-0.15, -0.1) is 0 Å². The van der Waals surface area contributed by atoms with Crippen LogP contribution in [-0.4, -0.2) is 41.8 Å². The van der Waals surface area contributed by atoms with E-state index in [9.17, 15) is 23.3 Å². The number of nitrogens with zero attached hydrogens (tertiary/aromatic N) is 2. The van der Waals surface area contributed by atoms with Gasteiger partial charge in [0.05, 0.1) is 17.1 Å². The van der Waals surface area contributed by atoms with Crippen molar-refractivity contribution in [3.8, 4) is 0 Å². The minimum atomic E-state index is -3.51. The molecule has 8 nitrogen and oxygen atoms in total. The first kappa shape index (κ1) is 15.4. The van der Waals surface area contributed by atoms with Gasteiger partial charge in [-0.3, -0.25) is 14.9 Å². The van der Waals surface area contributed by atoms with Crippen LogP contribution in [0, 0.1) is 16.0 Å². The van der Waals surface area contributed by atoms with E-state index < -0.39 is 20.9 Å². The number of nitro benzene ring substituents is 1. The topological polar surface area (TPSA) is 118 Å². The molecule has 1 saturated heterocycles. The van der Waals surface area contributed by atoms with Crippen LogP contribution in [0.25, 0.3) is 0 Å². The molecule has 0 amide bonds. The number of carboxylic acid groups (broad SMARTS) is 1. The molecule has 0 bridgehead atoms. The maximum Gasteiger partial charge on any atom is 0.303 e. The predicted octanol–water partition coefficient (Wildman–Crippen LogP) is 0.831. The van der Waals surface area contributed by atoms with Gasteiger partial charge in [0.1, 0.15) is 0 Å². The van der Waals surface area contributed by atoms with Gasteiger partial charge in [0, 0.05) is 25.2 Å². The van der Waals surface area contributed by atoms with E-state index in [1.807, 2.05) is 0 Å². The highest BCUT2D eigenvalue weighted by Crippen LogP contribution is 2.25. The average molecular weight is 314 g/mol. The fourth-order valence-electron chi connectivity index (χ4n) is 2.14. The Morgan fingerprint density at radius 2 is 1.90 bits per heavy atom. The van der Waals surface area contributed by atoms with Crippen LogP contribution in [0.3, 0.4) is 0 Å². The molecule has 0 aromatic heterocycles.